The molecule has 2 aromatic carbocycles. The van der Waals surface area contributed by atoms with Gasteiger partial charge in [0.05, 0.1) is 24.6 Å². The Bertz CT molecular complexity index is 1780. The van der Waals surface area contributed by atoms with E-state index in [0.717, 1.165) is 29.2 Å². The third kappa shape index (κ3) is 4.57. The van der Waals surface area contributed by atoms with E-state index in [2.05, 4.69) is 32.4 Å². The van der Waals surface area contributed by atoms with Gasteiger partial charge in [-0.3, -0.25) is 9.88 Å². The minimum atomic E-state index is -0.593. The third-order valence-electron chi connectivity index (χ3n) is 7.91. The third-order valence-corrected chi connectivity index (χ3v) is 7.91. The maximum absolute atomic E-state index is 16.5. The number of halogens is 1. The summed E-state index contributed by atoms with van der Waals surface area (Å²) in [7, 11) is 1.45. The molecule has 1 amide bonds. The molecule has 2 atom stereocenters. The highest BCUT2D eigenvalue weighted by Crippen LogP contribution is 2.39. The minimum absolute atomic E-state index is 0.0478. The lowest BCUT2D eigenvalue weighted by molar-refractivity contribution is 0.0123. The van der Waals surface area contributed by atoms with Crippen LogP contribution in [-0.2, 0) is 4.74 Å². The van der Waals surface area contributed by atoms with Crippen molar-refractivity contribution in [3.63, 3.8) is 0 Å². The van der Waals surface area contributed by atoms with E-state index >= 15 is 4.39 Å². The summed E-state index contributed by atoms with van der Waals surface area (Å²) in [6.45, 7) is 10.5. The summed E-state index contributed by atoms with van der Waals surface area (Å²) in [6, 6.07) is 9.37. The number of nitrogens with zero attached hydrogens (tertiary/aromatic N) is 5. The second kappa shape index (κ2) is 10.3. The number of anilines is 1. The Morgan fingerprint density at radius 2 is 1.90 bits per heavy atom. The average Bonchev–Trinajstić information content (AvgIpc) is 3.24. The van der Waals surface area contributed by atoms with Gasteiger partial charge in [-0.25, -0.2) is 9.18 Å². The number of fused-ring (bicyclic) bond motifs is 4. The van der Waals surface area contributed by atoms with Gasteiger partial charge in [0.15, 0.2) is 5.82 Å². The normalized spacial score (nSPS) is 18.3. The van der Waals surface area contributed by atoms with Gasteiger partial charge in [0.25, 0.3) is 0 Å². The van der Waals surface area contributed by atoms with Gasteiger partial charge in [0, 0.05) is 35.8 Å². The molecule has 2 unspecified atom stereocenters. The highest BCUT2D eigenvalue weighted by molar-refractivity contribution is 6.03. The van der Waals surface area contributed by atoms with Gasteiger partial charge >= 0.3 is 12.1 Å². The molecule has 0 saturated carbocycles. The second-order valence-electron chi connectivity index (χ2n) is 11.7. The summed E-state index contributed by atoms with van der Waals surface area (Å²) in [5.74, 6) is 2.68. The predicted molar refractivity (Wildman–Crippen MR) is 162 cm³/mol. The molecule has 42 heavy (non-hydrogen) atoms. The number of methoxy groups -OCH3 is 1. The average molecular weight is 566 g/mol. The highest BCUT2D eigenvalue weighted by atomic mass is 19.1. The monoisotopic (exact) mass is 565 g/mol. The Hall–Kier alpha value is -4.71. The van der Waals surface area contributed by atoms with Crippen LogP contribution < -0.4 is 9.64 Å². The summed E-state index contributed by atoms with van der Waals surface area (Å²) in [5.41, 5.74) is 1.62. The van der Waals surface area contributed by atoms with Gasteiger partial charge in [-0.05, 0) is 44.6 Å². The van der Waals surface area contributed by atoms with Gasteiger partial charge in [-0.15, -0.1) is 6.42 Å². The lowest BCUT2D eigenvalue weighted by Crippen LogP contribution is -2.57. The molecular weight excluding hydrogens is 533 g/mol. The molecule has 0 radical (unpaired) electrons. The first-order valence-electron chi connectivity index (χ1n) is 13.9. The van der Waals surface area contributed by atoms with Crippen molar-refractivity contribution >= 4 is 39.7 Å². The smallest absolute Gasteiger partial charge is 0.410 e. The zero-order valence-corrected chi connectivity index (χ0v) is 24.1. The van der Waals surface area contributed by atoms with E-state index in [0.29, 0.717) is 35.4 Å². The van der Waals surface area contributed by atoms with Gasteiger partial charge in [0.2, 0.25) is 0 Å². The zero-order chi connectivity index (χ0) is 29.8. The fourth-order valence-corrected chi connectivity index (χ4v) is 6.15. The Morgan fingerprint density at radius 3 is 2.55 bits per heavy atom. The number of piperazine rings is 1. The quantitative estimate of drug-likeness (QED) is 0.272. The van der Waals surface area contributed by atoms with Gasteiger partial charge < -0.3 is 14.4 Å². The van der Waals surface area contributed by atoms with Crippen molar-refractivity contribution in [1.29, 1.82) is 0 Å². The number of carbonyl (C=O) groups excluding carboxylic acids is 1. The van der Waals surface area contributed by atoms with Crippen molar-refractivity contribution in [2.45, 2.75) is 51.3 Å². The standard InChI is InChI=1S/C33H32FN5O3/c1-7-19-12-13-20-10-9-11-24(26(20)23(19)8-2)28-27(34)29-25(16-35-28)30(37-31(36-29)41-6)38-17-21-14-15-22(18-38)39(21)32(40)42-33(3,4)5/h2,7,9-13,16,21-22H,1,14-15,17-18H2,3-6H3. The van der Waals surface area contributed by atoms with E-state index in [1.807, 2.05) is 49.9 Å². The molecule has 214 valence electrons. The van der Waals surface area contributed by atoms with Crippen molar-refractivity contribution in [3.8, 4) is 29.6 Å². The van der Waals surface area contributed by atoms with Crippen molar-refractivity contribution in [2.24, 2.45) is 0 Å². The van der Waals surface area contributed by atoms with Crippen LogP contribution in [-0.4, -0.2) is 63.8 Å². The van der Waals surface area contributed by atoms with E-state index in [-0.39, 0.29) is 35.4 Å². The van der Waals surface area contributed by atoms with Gasteiger partial charge in [0.1, 0.15) is 22.6 Å². The molecule has 9 heteroatoms. The molecule has 6 rings (SSSR count). The molecule has 0 N–H and O–H groups in total. The van der Waals surface area contributed by atoms with Crippen LogP contribution in [0.1, 0.15) is 44.7 Å². The first-order chi connectivity index (χ1) is 20.1. The number of amides is 1. The number of aromatic nitrogens is 3. The van der Waals surface area contributed by atoms with Crippen molar-refractivity contribution in [1.82, 2.24) is 19.9 Å². The molecule has 0 spiro atoms. The van der Waals surface area contributed by atoms with Crippen LogP contribution in [0.5, 0.6) is 6.01 Å². The number of hydrogen-bond donors (Lipinski definition) is 0. The molecule has 4 heterocycles. The summed E-state index contributed by atoms with van der Waals surface area (Å²) in [5, 5.41) is 2.05. The summed E-state index contributed by atoms with van der Waals surface area (Å²) < 4.78 is 27.6. The van der Waals surface area contributed by atoms with Crippen molar-refractivity contribution in [3.05, 3.63) is 60.1 Å². The van der Waals surface area contributed by atoms with E-state index in [4.69, 9.17) is 15.9 Å². The molecule has 2 bridgehead atoms. The van der Waals surface area contributed by atoms with Crippen LogP contribution in [0.25, 0.3) is 39.0 Å². The van der Waals surface area contributed by atoms with Crippen LogP contribution in [0.4, 0.5) is 15.0 Å². The number of terminal acetylenes is 1. The minimum Gasteiger partial charge on any atom is -0.467 e. The second-order valence-corrected chi connectivity index (χ2v) is 11.7. The summed E-state index contributed by atoms with van der Waals surface area (Å²) in [6.07, 6.45) is 10.6. The van der Waals surface area contributed by atoms with Gasteiger partial charge in [-0.1, -0.05) is 48.9 Å². The summed E-state index contributed by atoms with van der Waals surface area (Å²) >= 11 is 0. The van der Waals surface area contributed by atoms with E-state index in [9.17, 15) is 4.79 Å². The topological polar surface area (TPSA) is 80.7 Å². The van der Waals surface area contributed by atoms with Crippen LogP contribution in [0, 0.1) is 18.2 Å². The molecule has 8 nitrogen and oxygen atoms in total. The Balaban J connectivity index is 1.44. The molecule has 2 aromatic heterocycles. The first kappa shape index (κ1) is 27.5. The molecule has 2 saturated heterocycles. The number of ether oxygens (including phenoxy) is 2. The lowest BCUT2D eigenvalue weighted by atomic mass is 9.93. The molecular formula is C33H32FN5O3. The fourth-order valence-electron chi connectivity index (χ4n) is 6.15. The van der Waals surface area contributed by atoms with E-state index in [1.54, 1.807) is 18.3 Å². The Morgan fingerprint density at radius 1 is 1.17 bits per heavy atom. The molecule has 2 aliphatic rings. The molecule has 4 aromatic rings. The van der Waals surface area contributed by atoms with Crippen molar-refractivity contribution in [2.75, 3.05) is 25.1 Å². The number of hydrogen-bond acceptors (Lipinski definition) is 7. The van der Waals surface area contributed by atoms with Crippen LogP contribution >= 0.6 is 0 Å². The highest BCUT2D eigenvalue weighted by Gasteiger charge is 2.45. The number of benzene rings is 2. The number of pyridine rings is 1. The number of carbonyl (C=O) groups is 1. The first-order valence-corrected chi connectivity index (χ1v) is 13.9. The van der Waals surface area contributed by atoms with Crippen LogP contribution in [0.3, 0.4) is 0 Å². The predicted octanol–water partition coefficient (Wildman–Crippen LogP) is 6.21. The van der Waals surface area contributed by atoms with Crippen LogP contribution in [0.15, 0.2) is 43.1 Å². The fraction of sp³-hybridized carbons (Fsp3) is 0.333. The van der Waals surface area contributed by atoms with Crippen LogP contribution in [0.2, 0.25) is 0 Å². The maximum atomic E-state index is 16.5. The Kier molecular flexibility index (Phi) is 6.72. The largest absolute Gasteiger partial charge is 0.467 e. The SMILES string of the molecule is C#Cc1c(C=C)ccc2cccc(-c3ncc4c(N5CC6CCC(C5)N6C(=O)OC(C)(C)C)nc(OC)nc4c3F)c12. The zero-order valence-electron chi connectivity index (χ0n) is 24.1. The van der Waals surface area contributed by atoms with Crippen molar-refractivity contribution < 1.29 is 18.7 Å². The van der Waals surface area contributed by atoms with Gasteiger partial charge in [-0.2, -0.15) is 9.97 Å². The maximum Gasteiger partial charge on any atom is 0.410 e. The molecule has 2 aliphatic heterocycles. The van der Waals surface area contributed by atoms with E-state index in [1.165, 1.54) is 7.11 Å². The number of rotatable bonds is 4. The molecule has 2 fully saturated rings. The van der Waals surface area contributed by atoms with E-state index < -0.39 is 11.4 Å². The molecule has 0 aliphatic carbocycles. The summed E-state index contributed by atoms with van der Waals surface area (Å²) in [4.78, 5) is 30.6. The lowest BCUT2D eigenvalue weighted by Gasteiger charge is -2.42. The Labute approximate surface area is 244 Å².